The Balaban J connectivity index is 3.15. The Morgan fingerprint density at radius 1 is 1.46 bits per heavy atom. The van der Waals surface area contributed by atoms with E-state index in [9.17, 15) is 4.79 Å². The van der Waals surface area contributed by atoms with Gasteiger partial charge in [-0.05, 0) is 13.3 Å². The van der Waals surface area contributed by atoms with Crippen molar-refractivity contribution in [3.05, 3.63) is 12.2 Å². The topological polar surface area (TPSA) is 35.5 Å². The lowest BCUT2D eigenvalue weighted by atomic mass is 10.4. The highest BCUT2D eigenvalue weighted by molar-refractivity contribution is 9.09. The van der Waals surface area contributed by atoms with Crippen molar-refractivity contribution in [2.24, 2.45) is 0 Å². The van der Waals surface area contributed by atoms with Crippen molar-refractivity contribution in [3.8, 4) is 0 Å². The molecule has 0 aliphatic carbocycles. The zero-order chi connectivity index (χ0) is 9.94. The molecule has 0 aromatic carbocycles. The molecule has 3 nitrogen and oxygen atoms in total. The Bertz CT molecular complexity index is 157. The fraction of sp³-hybridized carbons (Fsp3) is 0.667. The minimum absolute atomic E-state index is 0.0516. The second-order valence-corrected chi connectivity index (χ2v) is 2.92. The van der Waals surface area contributed by atoms with E-state index in [2.05, 4.69) is 20.7 Å². The summed E-state index contributed by atoms with van der Waals surface area (Å²) in [6, 6.07) is 0. The first kappa shape index (κ1) is 12.7. The third-order valence-corrected chi connectivity index (χ3v) is 1.58. The molecule has 0 aromatic heterocycles. The fourth-order valence-corrected chi connectivity index (χ4v) is 0.955. The van der Waals surface area contributed by atoms with Crippen LogP contribution in [-0.4, -0.2) is 31.1 Å². The van der Waals surface area contributed by atoms with Gasteiger partial charge in [-0.2, -0.15) is 0 Å². The van der Waals surface area contributed by atoms with E-state index in [0.717, 1.165) is 11.8 Å². The van der Waals surface area contributed by atoms with E-state index in [0.29, 0.717) is 13.2 Å². The molecule has 0 saturated heterocycles. The molecule has 0 rings (SSSR count). The Labute approximate surface area is 87.2 Å². The van der Waals surface area contributed by atoms with Crippen LogP contribution in [-0.2, 0) is 14.3 Å². The highest BCUT2D eigenvalue weighted by Gasteiger charge is 1.99. The first-order valence-corrected chi connectivity index (χ1v) is 5.37. The van der Waals surface area contributed by atoms with Crippen molar-refractivity contribution in [2.75, 3.05) is 25.2 Å². The van der Waals surface area contributed by atoms with E-state index in [1.807, 2.05) is 12.2 Å². The average molecular weight is 251 g/mol. The Morgan fingerprint density at radius 3 is 2.85 bits per heavy atom. The van der Waals surface area contributed by atoms with E-state index >= 15 is 0 Å². The number of hydrogen-bond donors (Lipinski definition) is 0. The monoisotopic (exact) mass is 250 g/mol. The molecule has 76 valence electrons. The maximum Gasteiger partial charge on any atom is 0.332 e. The molecule has 0 aromatic rings. The van der Waals surface area contributed by atoms with Crippen LogP contribution in [0.1, 0.15) is 13.3 Å². The summed E-state index contributed by atoms with van der Waals surface area (Å²) in [5.74, 6) is -0.299. The van der Waals surface area contributed by atoms with E-state index in [4.69, 9.17) is 4.74 Å². The summed E-state index contributed by atoms with van der Waals surface area (Å²) >= 11 is 3.26. The molecule has 13 heavy (non-hydrogen) atoms. The molecule has 0 aliphatic heterocycles. The minimum Gasteiger partial charge on any atom is -0.464 e. The zero-order valence-electron chi connectivity index (χ0n) is 7.79. The van der Waals surface area contributed by atoms with Crippen molar-refractivity contribution in [3.63, 3.8) is 0 Å². The van der Waals surface area contributed by atoms with Gasteiger partial charge in [0, 0.05) is 5.33 Å². The smallest absolute Gasteiger partial charge is 0.332 e. The first-order valence-electron chi connectivity index (χ1n) is 4.25. The van der Waals surface area contributed by atoms with Crippen LogP contribution in [0, 0.1) is 0 Å². The molecule has 0 atom stereocenters. The van der Waals surface area contributed by atoms with Gasteiger partial charge < -0.3 is 9.47 Å². The molecular weight excluding hydrogens is 236 g/mol. The highest BCUT2D eigenvalue weighted by Crippen LogP contribution is 1.89. The van der Waals surface area contributed by atoms with Gasteiger partial charge in [-0.25, -0.2) is 4.79 Å². The lowest BCUT2D eigenvalue weighted by Crippen LogP contribution is -2.12. The maximum absolute atomic E-state index is 10.8. The number of carbonyl (C=O) groups is 1. The summed E-state index contributed by atoms with van der Waals surface area (Å²) in [6.07, 6.45) is 4.82. The zero-order valence-corrected chi connectivity index (χ0v) is 9.38. The molecule has 4 heteroatoms. The number of esters is 1. The van der Waals surface area contributed by atoms with E-state index in [1.165, 1.54) is 0 Å². The van der Waals surface area contributed by atoms with Crippen LogP contribution in [0.2, 0.25) is 0 Å². The summed E-state index contributed by atoms with van der Waals surface area (Å²) in [4.78, 5) is 10.8. The van der Waals surface area contributed by atoms with Gasteiger partial charge in [0.2, 0.25) is 0 Å². The number of hydrogen-bond acceptors (Lipinski definition) is 3. The fourth-order valence-electron chi connectivity index (χ4n) is 0.690. The molecule has 0 bridgehead atoms. The van der Waals surface area contributed by atoms with Gasteiger partial charge in [0.15, 0.2) is 0 Å². The molecular formula is C9H15BrO3. The van der Waals surface area contributed by atoms with Crippen LogP contribution in [0.4, 0.5) is 0 Å². The standard InChI is InChI=1S/C9H15BrO3/c1-2-13-9(11)8-12-7-5-3-4-6-10/h3-4H,2,5-8H2,1H3/b4-3+. The second-order valence-electron chi connectivity index (χ2n) is 2.27. The molecule has 0 unspecified atom stereocenters. The van der Waals surface area contributed by atoms with Gasteiger partial charge in [-0.1, -0.05) is 28.1 Å². The molecule has 0 aliphatic rings. The minimum atomic E-state index is -0.299. The van der Waals surface area contributed by atoms with Crippen molar-refractivity contribution < 1.29 is 14.3 Å². The van der Waals surface area contributed by atoms with Crippen LogP contribution in [0.15, 0.2) is 12.2 Å². The van der Waals surface area contributed by atoms with Crippen LogP contribution in [0.3, 0.4) is 0 Å². The van der Waals surface area contributed by atoms with Crippen molar-refractivity contribution in [1.82, 2.24) is 0 Å². The van der Waals surface area contributed by atoms with Crippen molar-refractivity contribution in [2.45, 2.75) is 13.3 Å². The SMILES string of the molecule is CCOC(=O)COCC/C=C/CBr. The van der Waals surface area contributed by atoms with Gasteiger partial charge in [0.05, 0.1) is 13.2 Å². The van der Waals surface area contributed by atoms with E-state index in [1.54, 1.807) is 6.92 Å². The maximum atomic E-state index is 10.8. The van der Waals surface area contributed by atoms with Crippen molar-refractivity contribution >= 4 is 21.9 Å². The molecule has 0 radical (unpaired) electrons. The third kappa shape index (κ3) is 9.56. The van der Waals surface area contributed by atoms with Crippen LogP contribution in [0.5, 0.6) is 0 Å². The molecule has 0 amide bonds. The van der Waals surface area contributed by atoms with Gasteiger partial charge in [-0.15, -0.1) is 0 Å². The molecule has 0 spiro atoms. The molecule has 0 N–H and O–H groups in total. The summed E-state index contributed by atoms with van der Waals surface area (Å²) in [6.45, 7) is 2.79. The van der Waals surface area contributed by atoms with Gasteiger partial charge in [-0.3, -0.25) is 0 Å². The van der Waals surface area contributed by atoms with Crippen molar-refractivity contribution in [1.29, 1.82) is 0 Å². The van der Waals surface area contributed by atoms with Crippen LogP contribution < -0.4 is 0 Å². The lowest BCUT2D eigenvalue weighted by Gasteiger charge is -2.01. The average Bonchev–Trinajstić information content (AvgIpc) is 2.11. The predicted molar refractivity (Wildman–Crippen MR) is 55.0 cm³/mol. The first-order chi connectivity index (χ1) is 6.31. The number of carbonyl (C=O) groups excluding carboxylic acids is 1. The number of allylic oxidation sites excluding steroid dienone is 1. The largest absolute Gasteiger partial charge is 0.464 e. The number of rotatable bonds is 7. The van der Waals surface area contributed by atoms with Gasteiger partial charge >= 0.3 is 5.97 Å². The molecule has 0 fully saturated rings. The highest BCUT2D eigenvalue weighted by atomic mass is 79.9. The molecule has 0 heterocycles. The second kappa shape index (κ2) is 9.74. The number of halogens is 1. The number of ether oxygens (including phenoxy) is 2. The summed E-state index contributed by atoms with van der Waals surface area (Å²) in [7, 11) is 0. The van der Waals surface area contributed by atoms with E-state index < -0.39 is 0 Å². The summed E-state index contributed by atoms with van der Waals surface area (Å²) < 4.78 is 9.73. The summed E-state index contributed by atoms with van der Waals surface area (Å²) in [5.41, 5.74) is 0. The normalized spacial score (nSPS) is 10.6. The quantitative estimate of drug-likeness (QED) is 0.300. The third-order valence-electron chi connectivity index (χ3n) is 1.21. The Kier molecular flexibility index (Phi) is 9.47. The van der Waals surface area contributed by atoms with Crippen LogP contribution in [0.25, 0.3) is 0 Å². The summed E-state index contributed by atoms with van der Waals surface area (Å²) in [5, 5.41) is 0.852. The Morgan fingerprint density at radius 2 is 2.23 bits per heavy atom. The van der Waals surface area contributed by atoms with Gasteiger partial charge in [0.25, 0.3) is 0 Å². The van der Waals surface area contributed by atoms with Crippen LogP contribution >= 0.6 is 15.9 Å². The molecule has 0 saturated carbocycles. The number of alkyl halides is 1. The van der Waals surface area contributed by atoms with E-state index in [-0.39, 0.29) is 12.6 Å². The Hall–Kier alpha value is -0.350. The van der Waals surface area contributed by atoms with Gasteiger partial charge in [0.1, 0.15) is 6.61 Å². The lowest BCUT2D eigenvalue weighted by molar-refractivity contribution is -0.148. The predicted octanol–water partition coefficient (Wildman–Crippen LogP) is 1.91.